The van der Waals surface area contributed by atoms with Gasteiger partial charge in [0.15, 0.2) is 0 Å². The summed E-state index contributed by atoms with van der Waals surface area (Å²) in [5.74, 6) is -0.515. The van der Waals surface area contributed by atoms with Crippen molar-refractivity contribution in [1.29, 1.82) is 0 Å². The van der Waals surface area contributed by atoms with Crippen LogP contribution in [-0.2, 0) is 16.1 Å². The molecule has 1 N–H and O–H groups in total. The maximum atomic E-state index is 12.5. The summed E-state index contributed by atoms with van der Waals surface area (Å²) in [7, 11) is 1.43. The average Bonchev–Trinajstić information content (AvgIpc) is 2.64. The Hall–Kier alpha value is -1.82. The van der Waals surface area contributed by atoms with Gasteiger partial charge in [-0.25, -0.2) is 8.78 Å². The van der Waals surface area contributed by atoms with Crippen LogP contribution in [0.1, 0.15) is 24.0 Å². The number of alkyl halides is 2. The first-order chi connectivity index (χ1) is 8.99. The van der Waals surface area contributed by atoms with Crippen LogP contribution in [0.3, 0.4) is 0 Å². The summed E-state index contributed by atoms with van der Waals surface area (Å²) in [4.78, 5) is 24.0. The van der Waals surface area contributed by atoms with E-state index in [1.807, 2.05) is 0 Å². The molecule has 1 aromatic carbocycles. The average molecular weight is 268 g/mol. The van der Waals surface area contributed by atoms with Crippen LogP contribution < -0.4 is 5.32 Å². The Labute approximate surface area is 109 Å². The maximum absolute atomic E-state index is 12.5. The van der Waals surface area contributed by atoms with Crippen molar-refractivity contribution < 1.29 is 18.4 Å². The number of carbonyl (C=O) groups excluding carboxylic acids is 2. The molecule has 0 aromatic heterocycles. The summed E-state index contributed by atoms with van der Waals surface area (Å²) in [6, 6.07) is 5.43. The molecule has 102 valence electrons. The van der Waals surface area contributed by atoms with Crippen LogP contribution >= 0.6 is 0 Å². The zero-order valence-corrected chi connectivity index (χ0v) is 10.4. The Morgan fingerprint density at radius 1 is 1.42 bits per heavy atom. The van der Waals surface area contributed by atoms with Crippen molar-refractivity contribution in [1.82, 2.24) is 10.2 Å². The van der Waals surface area contributed by atoms with Crippen molar-refractivity contribution in [3.8, 4) is 0 Å². The number of nitrogens with zero attached hydrogens (tertiary/aromatic N) is 1. The Balaban J connectivity index is 1.98. The fourth-order valence-corrected chi connectivity index (χ4v) is 1.99. The first-order valence-corrected chi connectivity index (χ1v) is 5.90. The smallest absolute Gasteiger partial charge is 0.263 e. The number of likely N-dealkylation sites (N-methyl/N-ethyl adjacent to an activating group) is 1. The molecule has 1 heterocycles. The summed E-state index contributed by atoms with van der Waals surface area (Å²) >= 11 is 0. The molecule has 0 spiro atoms. The van der Waals surface area contributed by atoms with Gasteiger partial charge in [0, 0.05) is 19.2 Å². The van der Waals surface area contributed by atoms with Crippen LogP contribution in [0.4, 0.5) is 8.78 Å². The molecule has 4 nitrogen and oxygen atoms in total. The number of carbonyl (C=O) groups is 2. The highest BCUT2D eigenvalue weighted by Crippen LogP contribution is 2.19. The minimum atomic E-state index is -2.51. The molecule has 1 aliphatic heterocycles. The predicted octanol–water partition coefficient (Wildman–Crippen LogP) is 1.47. The SMILES string of the molecule is CN1C(=O)CC(NCc2cccc(C(F)F)c2)C1=O. The first-order valence-electron chi connectivity index (χ1n) is 5.90. The third kappa shape index (κ3) is 2.96. The van der Waals surface area contributed by atoms with E-state index in [2.05, 4.69) is 5.32 Å². The van der Waals surface area contributed by atoms with Gasteiger partial charge in [0.1, 0.15) is 0 Å². The molecule has 0 aliphatic carbocycles. The molecule has 1 aliphatic rings. The Morgan fingerprint density at radius 2 is 2.16 bits per heavy atom. The lowest BCUT2D eigenvalue weighted by Crippen LogP contribution is -2.36. The highest BCUT2D eigenvalue weighted by Gasteiger charge is 2.35. The molecular formula is C13H14F2N2O2. The largest absolute Gasteiger partial charge is 0.301 e. The number of imide groups is 1. The van der Waals surface area contributed by atoms with Gasteiger partial charge < -0.3 is 5.32 Å². The molecule has 1 saturated heterocycles. The minimum Gasteiger partial charge on any atom is -0.301 e. The van der Waals surface area contributed by atoms with E-state index < -0.39 is 12.5 Å². The normalized spacial score (nSPS) is 19.6. The van der Waals surface area contributed by atoms with Gasteiger partial charge in [-0.05, 0) is 11.6 Å². The zero-order valence-electron chi connectivity index (χ0n) is 10.4. The van der Waals surface area contributed by atoms with Crippen molar-refractivity contribution in [2.24, 2.45) is 0 Å². The second-order valence-electron chi connectivity index (χ2n) is 4.47. The quantitative estimate of drug-likeness (QED) is 0.841. The van der Waals surface area contributed by atoms with Crippen molar-refractivity contribution in [3.05, 3.63) is 35.4 Å². The van der Waals surface area contributed by atoms with Gasteiger partial charge in [0.2, 0.25) is 11.8 Å². The Kier molecular flexibility index (Phi) is 3.90. The number of hydrogen-bond acceptors (Lipinski definition) is 3. The topological polar surface area (TPSA) is 49.4 Å². The first kappa shape index (κ1) is 13.6. The van der Waals surface area contributed by atoms with Crippen molar-refractivity contribution in [2.75, 3.05) is 7.05 Å². The molecule has 1 aromatic rings. The molecule has 6 heteroatoms. The molecule has 2 amide bonds. The lowest BCUT2D eigenvalue weighted by molar-refractivity contribution is -0.137. The van der Waals surface area contributed by atoms with E-state index in [0.29, 0.717) is 5.56 Å². The number of nitrogens with one attached hydrogen (secondary N) is 1. The lowest BCUT2D eigenvalue weighted by Gasteiger charge is -2.11. The van der Waals surface area contributed by atoms with E-state index in [1.165, 1.54) is 19.2 Å². The molecule has 0 radical (unpaired) electrons. The van der Waals surface area contributed by atoms with Crippen LogP contribution in [0.25, 0.3) is 0 Å². The second-order valence-corrected chi connectivity index (χ2v) is 4.47. The number of hydrogen-bond donors (Lipinski definition) is 1. The van der Waals surface area contributed by atoms with Gasteiger partial charge in [-0.3, -0.25) is 14.5 Å². The highest BCUT2D eigenvalue weighted by atomic mass is 19.3. The predicted molar refractivity (Wildman–Crippen MR) is 64.4 cm³/mol. The lowest BCUT2D eigenvalue weighted by atomic mass is 10.1. The third-order valence-electron chi connectivity index (χ3n) is 3.14. The minimum absolute atomic E-state index is 0.0507. The van der Waals surface area contributed by atoms with Crippen LogP contribution in [0.15, 0.2) is 24.3 Å². The van der Waals surface area contributed by atoms with E-state index in [0.717, 1.165) is 4.90 Å². The number of likely N-dealkylation sites (tertiary alicyclic amines) is 1. The summed E-state index contributed by atoms with van der Waals surface area (Å²) in [6.07, 6.45) is -2.40. The molecule has 0 bridgehead atoms. The van der Waals surface area contributed by atoms with Gasteiger partial charge in [-0.15, -0.1) is 0 Å². The Morgan fingerprint density at radius 3 is 2.74 bits per heavy atom. The third-order valence-corrected chi connectivity index (χ3v) is 3.14. The summed E-state index contributed by atoms with van der Waals surface area (Å²) in [5.41, 5.74) is 0.609. The molecule has 19 heavy (non-hydrogen) atoms. The van der Waals surface area contributed by atoms with Crippen LogP contribution in [0.2, 0.25) is 0 Å². The second kappa shape index (κ2) is 5.44. The van der Waals surface area contributed by atoms with E-state index in [4.69, 9.17) is 0 Å². The number of benzene rings is 1. The van der Waals surface area contributed by atoms with Crippen molar-refractivity contribution in [2.45, 2.75) is 25.4 Å². The van der Waals surface area contributed by atoms with E-state index in [-0.39, 0.29) is 30.3 Å². The van der Waals surface area contributed by atoms with Gasteiger partial charge in [0.25, 0.3) is 6.43 Å². The number of rotatable bonds is 4. The fraction of sp³-hybridized carbons (Fsp3) is 0.385. The Bertz CT molecular complexity index is 505. The standard InChI is InChI=1S/C13H14F2N2O2/c1-17-11(18)6-10(13(17)19)16-7-8-3-2-4-9(5-8)12(14)15/h2-5,10,12,16H,6-7H2,1H3. The maximum Gasteiger partial charge on any atom is 0.263 e. The van der Waals surface area contributed by atoms with E-state index >= 15 is 0 Å². The van der Waals surface area contributed by atoms with Gasteiger partial charge in [-0.2, -0.15) is 0 Å². The molecule has 1 unspecified atom stereocenters. The number of halogens is 2. The summed E-state index contributed by atoms with van der Waals surface area (Å²) in [6.45, 7) is 0.276. The summed E-state index contributed by atoms with van der Waals surface area (Å²) < 4.78 is 25.1. The monoisotopic (exact) mass is 268 g/mol. The highest BCUT2D eigenvalue weighted by molar-refractivity contribution is 6.05. The van der Waals surface area contributed by atoms with E-state index in [9.17, 15) is 18.4 Å². The van der Waals surface area contributed by atoms with Gasteiger partial charge in [-0.1, -0.05) is 18.2 Å². The molecule has 0 saturated carbocycles. The van der Waals surface area contributed by atoms with Gasteiger partial charge >= 0.3 is 0 Å². The molecule has 2 rings (SSSR count). The number of amides is 2. The van der Waals surface area contributed by atoms with Gasteiger partial charge in [0.05, 0.1) is 12.5 Å². The molecular weight excluding hydrogens is 254 g/mol. The molecule has 1 atom stereocenters. The van der Waals surface area contributed by atoms with E-state index in [1.54, 1.807) is 12.1 Å². The zero-order chi connectivity index (χ0) is 14.0. The van der Waals surface area contributed by atoms with Crippen LogP contribution in [0, 0.1) is 0 Å². The fourth-order valence-electron chi connectivity index (χ4n) is 1.99. The van der Waals surface area contributed by atoms with Crippen LogP contribution in [-0.4, -0.2) is 29.8 Å². The van der Waals surface area contributed by atoms with Crippen molar-refractivity contribution >= 4 is 11.8 Å². The van der Waals surface area contributed by atoms with Crippen molar-refractivity contribution in [3.63, 3.8) is 0 Å². The summed E-state index contributed by atoms with van der Waals surface area (Å²) in [5, 5.41) is 2.92. The molecule has 1 fully saturated rings. The van der Waals surface area contributed by atoms with Crippen LogP contribution in [0.5, 0.6) is 0 Å².